The summed E-state index contributed by atoms with van der Waals surface area (Å²) in [7, 11) is 0. The van der Waals surface area contributed by atoms with Crippen molar-refractivity contribution in [3.8, 4) is 0 Å². The van der Waals surface area contributed by atoms with Crippen LogP contribution in [0.4, 0.5) is 4.79 Å². The second-order valence-electron chi connectivity index (χ2n) is 6.70. The van der Waals surface area contributed by atoms with Gasteiger partial charge in [0.1, 0.15) is 6.61 Å². The summed E-state index contributed by atoms with van der Waals surface area (Å²) in [6.07, 6.45) is -1.48. The minimum atomic E-state index is -1.01. The number of nitrogens with one attached hydrogen (secondary N) is 1. The van der Waals surface area contributed by atoms with Crippen LogP contribution in [0.15, 0.2) is 42.5 Å². The van der Waals surface area contributed by atoms with E-state index in [0.717, 1.165) is 11.1 Å². The highest BCUT2D eigenvalue weighted by Gasteiger charge is 2.20. The number of halogens is 2. The van der Waals surface area contributed by atoms with Crippen molar-refractivity contribution in [1.82, 2.24) is 5.32 Å². The minimum absolute atomic E-state index is 0.00189. The van der Waals surface area contributed by atoms with Gasteiger partial charge in [-0.1, -0.05) is 47.5 Å². The van der Waals surface area contributed by atoms with Crippen LogP contribution in [0.3, 0.4) is 0 Å². The van der Waals surface area contributed by atoms with Gasteiger partial charge in [0.2, 0.25) is 0 Å². The van der Waals surface area contributed by atoms with Gasteiger partial charge < -0.3 is 19.9 Å². The third-order valence-corrected chi connectivity index (χ3v) is 4.53. The number of hydrogen-bond acceptors (Lipinski definition) is 4. The van der Waals surface area contributed by atoms with Gasteiger partial charge >= 0.3 is 12.1 Å². The van der Waals surface area contributed by atoms with Crippen LogP contribution in [0.25, 0.3) is 0 Å². The van der Waals surface area contributed by atoms with Gasteiger partial charge in [-0.05, 0) is 43.2 Å². The Morgan fingerprint density at radius 3 is 2.52 bits per heavy atom. The van der Waals surface area contributed by atoms with Crippen LogP contribution in [0, 0.1) is 0 Å². The molecule has 0 aromatic heterocycles. The lowest BCUT2D eigenvalue weighted by atomic mass is 10.0. The maximum Gasteiger partial charge on any atom is 0.407 e. The first kappa shape index (κ1) is 23.0. The highest BCUT2D eigenvalue weighted by atomic mass is 35.5. The van der Waals surface area contributed by atoms with Gasteiger partial charge in [0, 0.05) is 28.6 Å². The van der Waals surface area contributed by atoms with Gasteiger partial charge in [0.15, 0.2) is 6.10 Å². The van der Waals surface area contributed by atoms with Crippen LogP contribution in [0.5, 0.6) is 0 Å². The molecule has 0 saturated carbocycles. The van der Waals surface area contributed by atoms with Gasteiger partial charge in [-0.25, -0.2) is 9.59 Å². The average molecular weight is 440 g/mol. The number of carbonyl (C=O) groups excluding carboxylic acids is 1. The number of aliphatic carboxylic acids is 1. The Morgan fingerprint density at radius 1 is 1.10 bits per heavy atom. The molecule has 0 heterocycles. The van der Waals surface area contributed by atoms with Gasteiger partial charge in [0.05, 0.1) is 6.10 Å². The van der Waals surface area contributed by atoms with E-state index >= 15 is 0 Å². The molecule has 0 aliphatic carbocycles. The summed E-state index contributed by atoms with van der Waals surface area (Å²) >= 11 is 12.0. The van der Waals surface area contributed by atoms with E-state index in [1.165, 1.54) is 0 Å². The number of carboxylic acids is 1. The molecule has 8 heteroatoms. The first-order valence-electron chi connectivity index (χ1n) is 9.05. The molecule has 0 bridgehead atoms. The van der Waals surface area contributed by atoms with E-state index in [1.54, 1.807) is 38.1 Å². The third-order valence-electron chi connectivity index (χ3n) is 3.93. The summed E-state index contributed by atoms with van der Waals surface area (Å²) in [5.41, 5.74) is 2.23. The second kappa shape index (κ2) is 11.0. The highest BCUT2D eigenvalue weighted by molar-refractivity contribution is 6.33. The maximum atomic E-state index is 12.0. The molecule has 0 spiro atoms. The van der Waals surface area contributed by atoms with Crippen LogP contribution in [-0.4, -0.2) is 29.4 Å². The number of carbonyl (C=O) groups is 2. The zero-order chi connectivity index (χ0) is 21.4. The molecule has 2 rings (SSSR count). The fourth-order valence-electron chi connectivity index (χ4n) is 2.63. The molecule has 0 aliphatic rings. The molecule has 0 aliphatic heterocycles. The standard InChI is InChI=1S/C21H23Cl2NO5/c1-13(2)29-19(20(25)26)9-14-4-3-5-15(8-14)11-24-21(27)28-12-16-10-17(22)6-7-18(16)23/h3-8,10,13,19H,9,11-12H2,1-2H3,(H,24,27)(H,25,26). The lowest BCUT2D eigenvalue weighted by Gasteiger charge is -2.17. The number of hydrogen-bond donors (Lipinski definition) is 2. The molecular formula is C21H23Cl2NO5. The summed E-state index contributed by atoms with van der Waals surface area (Å²) in [5.74, 6) is -1.01. The number of rotatable bonds is 9. The van der Waals surface area contributed by atoms with Crippen LogP contribution >= 0.6 is 23.2 Å². The molecular weight excluding hydrogens is 417 g/mol. The van der Waals surface area contributed by atoms with Gasteiger partial charge in [-0.2, -0.15) is 0 Å². The molecule has 6 nitrogen and oxygen atoms in total. The first-order valence-corrected chi connectivity index (χ1v) is 9.81. The molecule has 2 aromatic rings. The van der Waals surface area contributed by atoms with Crippen LogP contribution in [0.1, 0.15) is 30.5 Å². The van der Waals surface area contributed by atoms with Crippen molar-refractivity contribution in [1.29, 1.82) is 0 Å². The molecule has 0 saturated heterocycles. The smallest absolute Gasteiger partial charge is 0.407 e. The van der Waals surface area contributed by atoms with Gasteiger partial charge in [-0.15, -0.1) is 0 Å². The Bertz CT molecular complexity index is 857. The topological polar surface area (TPSA) is 84.9 Å². The molecule has 1 amide bonds. The summed E-state index contributed by atoms with van der Waals surface area (Å²) < 4.78 is 10.6. The number of ether oxygens (including phenoxy) is 2. The third kappa shape index (κ3) is 7.93. The van der Waals surface area contributed by atoms with Crippen molar-refractivity contribution in [2.45, 2.75) is 45.6 Å². The first-order chi connectivity index (χ1) is 13.7. The summed E-state index contributed by atoms with van der Waals surface area (Å²) in [5, 5.41) is 12.9. The fraction of sp³-hybridized carbons (Fsp3) is 0.333. The lowest BCUT2D eigenvalue weighted by molar-refractivity contribution is -0.153. The van der Waals surface area contributed by atoms with E-state index in [1.807, 2.05) is 18.2 Å². The maximum absolute atomic E-state index is 12.0. The van der Waals surface area contributed by atoms with Crippen molar-refractivity contribution in [3.63, 3.8) is 0 Å². The van der Waals surface area contributed by atoms with Crippen LogP contribution in [-0.2, 0) is 33.8 Å². The molecule has 0 radical (unpaired) electrons. The highest BCUT2D eigenvalue weighted by Crippen LogP contribution is 2.21. The van der Waals surface area contributed by atoms with Crippen molar-refractivity contribution in [2.75, 3.05) is 0 Å². The Hall–Kier alpha value is -2.28. The molecule has 2 aromatic carbocycles. The summed E-state index contributed by atoms with van der Waals surface area (Å²) in [4.78, 5) is 23.3. The number of alkyl carbamates (subject to hydrolysis) is 1. The Labute approximate surface area is 179 Å². The SMILES string of the molecule is CC(C)OC(Cc1cccc(CNC(=O)OCc2cc(Cl)ccc2Cl)c1)C(=O)O. The zero-order valence-corrected chi connectivity index (χ0v) is 17.7. The number of carboxylic acid groups (broad SMARTS) is 1. The summed E-state index contributed by atoms with van der Waals surface area (Å²) in [6, 6.07) is 12.2. The van der Waals surface area contributed by atoms with E-state index in [4.69, 9.17) is 32.7 Å². The van der Waals surface area contributed by atoms with E-state index in [9.17, 15) is 14.7 Å². The Morgan fingerprint density at radius 2 is 1.83 bits per heavy atom. The Kier molecular flexibility index (Phi) is 8.76. The van der Waals surface area contributed by atoms with Crippen LogP contribution in [0.2, 0.25) is 10.0 Å². The average Bonchev–Trinajstić information content (AvgIpc) is 2.66. The van der Waals surface area contributed by atoms with E-state index in [0.29, 0.717) is 15.6 Å². The molecule has 29 heavy (non-hydrogen) atoms. The number of amides is 1. The van der Waals surface area contributed by atoms with Crippen molar-refractivity contribution in [2.24, 2.45) is 0 Å². The van der Waals surface area contributed by atoms with E-state index in [2.05, 4.69) is 5.32 Å². The molecule has 0 fully saturated rings. The van der Waals surface area contributed by atoms with Gasteiger partial charge in [-0.3, -0.25) is 0 Å². The quantitative estimate of drug-likeness (QED) is 0.583. The second-order valence-corrected chi connectivity index (χ2v) is 7.54. The van der Waals surface area contributed by atoms with Crippen molar-refractivity contribution >= 4 is 35.3 Å². The van der Waals surface area contributed by atoms with Crippen molar-refractivity contribution in [3.05, 3.63) is 69.2 Å². The zero-order valence-electron chi connectivity index (χ0n) is 16.2. The van der Waals surface area contributed by atoms with E-state index < -0.39 is 18.2 Å². The minimum Gasteiger partial charge on any atom is -0.479 e. The monoisotopic (exact) mass is 439 g/mol. The normalized spacial score (nSPS) is 11.9. The van der Waals surface area contributed by atoms with Crippen molar-refractivity contribution < 1.29 is 24.2 Å². The molecule has 1 atom stereocenters. The lowest BCUT2D eigenvalue weighted by Crippen LogP contribution is -2.29. The largest absolute Gasteiger partial charge is 0.479 e. The Balaban J connectivity index is 1.88. The predicted molar refractivity (Wildman–Crippen MR) is 111 cm³/mol. The number of benzene rings is 2. The fourth-order valence-corrected chi connectivity index (χ4v) is 2.99. The predicted octanol–water partition coefficient (Wildman–Crippen LogP) is 4.84. The molecule has 1 unspecified atom stereocenters. The molecule has 2 N–H and O–H groups in total. The van der Waals surface area contributed by atoms with Crippen LogP contribution < -0.4 is 5.32 Å². The van der Waals surface area contributed by atoms with E-state index in [-0.39, 0.29) is 25.7 Å². The molecule has 156 valence electrons. The summed E-state index contributed by atoms with van der Waals surface area (Å²) in [6.45, 7) is 3.81. The van der Waals surface area contributed by atoms with Gasteiger partial charge in [0.25, 0.3) is 0 Å².